The molecule has 1 fully saturated rings. The summed E-state index contributed by atoms with van der Waals surface area (Å²) in [5, 5.41) is 3.52. The molecule has 0 spiro atoms. The Bertz CT molecular complexity index is 444. The number of nitrogens with zero attached hydrogens (tertiary/aromatic N) is 2. The second-order valence-corrected chi connectivity index (χ2v) is 6.33. The van der Waals surface area contributed by atoms with Crippen LogP contribution in [-0.4, -0.2) is 56.6 Å². The standard InChI is InChI=1S/C17H29N3/c1-13-6-7-14(2)16(10-13)17(18-3)11-15-12-19(4)8-9-20(15)5/h6-7,10,15,17-18H,8-9,11-12H2,1-5H3. The second-order valence-electron chi connectivity index (χ2n) is 6.33. The van der Waals surface area contributed by atoms with Gasteiger partial charge in [-0.15, -0.1) is 0 Å². The van der Waals surface area contributed by atoms with Crippen LogP contribution in [0.4, 0.5) is 0 Å². The zero-order valence-electron chi connectivity index (χ0n) is 13.6. The van der Waals surface area contributed by atoms with Gasteiger partial charge in [-0.05, 0) is 52.5 Å². The van der Waals surface area contributed by atoms with E-state index in [1.807, 2.05) is 0 Å². The first-order valence-corrected chi connectivity index (χ1v) is 7.64. The van der Waals surface area contributed by atoms with Gasteiger partial charge in [0.15, 0.2) is 0 Å². The molecule has 3 heteroatoms. The highest BCUT2D eigenvalue weighted by Gasteiger charge is 2.25. The van der Waals surface area contributed by atoms with Gasteiger partial charge >= 0.3 is 0 Å². The molecule has 3 nitrogen and oxygen atoms in total. The number of rotatable bonds is 4. The first kappa shape index (κ1) is 15.5. The fraction of sp³-hybridized carbons (Fsp3) is 0.647. The molecule has 1 N–H and O–H groups in total. The maximum absolute atomic E-state index is 3.52. The van der Waals surface area contributed by atoms with E-state index in [0.717, 1.165) is 0 Å². The predicted octanol–water partition coefficient (Wildman–Crippen LogP) is 2.20. The summed E-state index contributed by atoms with van der Waals surface area (Å²) in [4.78, 5) is 4.95. The summed E-state index contributed by atoms with van der Waals surface area (Å²) in [7, 11) is 6.57. The van der Waals surface area contributed by atoms with Crippen LogP contribution < -0.4 is 5.32 Å². The minimum absolute atomic E-state index is 0.439. The largest absolute Gasteiger partial charge is 0.313 e. The van der Waals surface area contributed by atoms with E-state index in [2.05, 4.69) is 68.3 Å². The molecule has 0 saturated carbocycles. The van der Waals surface area contributed by atoms with Gasteiger partial charge in [0.1, 0.15) is 0 Å². The molecule has 1 saturated heterocycles. The summed E-state index contributed by atoms with van der Waals surface area (Å²) >= 11 is 0. The van der Waals surface area contributed by atoms with Gasteiger partial charge in [-0.2, -0.15) is 0 Å². The molecule has 0 aromatic heterocycles. The van der Waals surface area contributed by atoms with Gasteiger partial charge in [0.05, 0.1) is 0 Å². The molecule has 1 aliphatic rings. The lowest BCUT2D eigenvalue weighted by Crippen LogP contribution is -2.50. The SMILES string of the molecule is CNC(CC1CN(C)CCN1C)c1cc(C)ccc1C. The molecular weight excluding hydrogens is 246 g/mol. The monoisotopic (exact) mass is 275 g/mol. The highest BCUT2D eigenvalue weighted by atomic mass is 15.3. The van der Waals surface area contributed by atoms with Gasteiger partial charge in [0.2, 0.25) is 0 Å². The Morgan fingerprint density at radius 1 is 1.25 bits per heavy atom. The van der Waals surface area contributed by atoms with Crippen molar-refractivity contribution in [3.05, 3.63) is 34.9 Å². The average molecular weight is 275 g/mol. The van der Waals surface area contributed by atoms with Crippen molar-refractivity contribution in [2.45, 2.75) is 32.4 Å². The number of nitrogens with one attached hydrogen (secondary N) is 1. The summed E-state index contributed by atoms with van der Waals surface area (Å²) in [6.07, 6.45) is 1.17. The average Bonchev–Trinajstić information content (AvgIpc) is 2.42. The number of piperazine rings is 1. The van der Waals surface area contributed by atoms with Gasteiger partial charge in [0.25, 0.3) is 0 Å². The molecule has 0 radical (unpaired) electrons. The molecule has 1 aliphatic heterocycles. The van der Waals surface area contributed by atoms with Crippen molar-refractivity contribution in [1.29, 1.82) is 0 Å². The van der Waals surface area contributed by atoms with Crippen LogP contribution in [0.2, 0.25) is 0 Å². The normalized spacial score (nSPS) is 22.9. The third-order valence-electron chi connectivity index (χ3n) is 4.65. The van der Waals surface area contributed by atoms with Crippen LogP contribution in [0.15, 0.2) is 18.2 Å². The highest BCUT2D eigenvalue weighted by Crippen LogP contribution is 2.25. The zero-order valence-corrected chi connectivity index (χ0v) is 13.6. The second kappa shape index (κ2) is 6.70. The molecule has 0 aliphatic carbocycles. The van der Waals surface area contributed by atoms with E-state index in [0.29, 0.717) is 12.1 Å². The molecule has 1 heterocycles. The zero-order chi connectivity index (χ0) is 14.7. The number of benzene rings is 1. The molecule has 0 bridgehead atoms. The predicted molar refractivity (Wildman–Crippen MR) is 86.2 cm³/mol. The number of likely N-dealkylation sites (N-methyl/N-ethyl adjacent to an activating group) is 2. The molecule has 20 heavy (non-hydrogen) atoms. The molecule has 2 unspecified atom stereocenters. The third kappa shape index (κ3) is 3.60. The Morgan fingerprint density at radius 3 is 2.70 bits per heavy atom. The summed E-state index contributed by atoms with van der Waals surface area (Å²) in [6, 6.07) is 7.85. The Labute approximate surface area is 124 Å². The van der Waals surface area contributed by atoms with E-state index in [4.69, 9.17) is 0 Å². The Morgan fingerprint density at radius 2 is 2.00 bits per heavy atom. The number of aryl methyl sites for hydroxylation is 2. The fourth-order valence-corrected chi connectivity index (χ4v) is 3.16. The fourth-order valence-electron chi connectivity index (χ4n) is 3.16. The van der Waals surface area contributed by atoms with Crippen molar-refractivity contribution in [3.8, 4) is 0 Å². The molecular formula is C17H29N3. The molecule has 1 aromatic carbocycles. The van der Waals surface area contributed by atoms with E-state index in [1.54, 1.807) is 0 Å². The van der Waals surface area contributed by atoms with Gasteiger partial charge in [0, 0.05) is 31.7 Å². The maximum Gasteiger partial charge on any atom is 0.0335 e. The summed E-state index contributed by atoms with van der Waals surface area (Å²) in [5.41, 5.74) is 4.19. The van der Waals surface area contributed by atoms with Gasteiger partial charge in [-0.1, -0.05) is 23.8 Å². The number of hydrogen-bond acceptors (Lipinski definition) is 3. The van der Waals surface area contributed by atoms with Crippen LogP contribution in [0.1, 0.15) is 29.2 Å². The lowest BCUT2D eigenvalue weighted by atomic mass is 9.93. The van der Waals surface area contributed by atoms with E-state index < -0.39 is 0 Å². The Hall–Kier alpha value is -0.900. The molecule has 112 valence electrons. The minimum atomic E-state index is 0.439. The van der Waals surface area contributed by atoms with Crippen molar-refractivity contribution < 1.29 is 0 Å². The van der Waals surface area contributed by atoms with E-state index in [9.17, 15) is 0 Å². The van der Waals surface area contributed by atoms with Crippen LogP contribution in [0.25, 0.3) is 0 Å². The Kier molecular flexibility index (Phi) is 5.19. The van der Waals surface area contributed by atoms with Gasteiger partial charge in [-0.25, -0.2) is 0 Å². The van der Waals surface area contributed by atoms with Crippen molar-refractivity contribution in [1.82, 2.24) is 15.1 Å². The molecule has 2 atom stereocenters. The van der Waals surface area contributed by atoms with E-state index >= 15 is 0 Å². The first-order valence-electron chi connectivity index (χ1n) is 7.64. The first-order chi connectivity index (χ1) is 9.51. The van der Waals surface area contributed by atoms with Crippen molar-refractivity contribution >= 4 is 0 Å². The van der Waals surface area contributed by atoms with Gasteiger partial charge in [-0.3, -0.25) is 0 Å². The lowest BCUT2D eigenvalue weighted by molar-refractivity contribution is 0.102. The summed E-state index contributed by atoms with van der Waals surface area (Å²) < 4.78 is 0. The summed E-state index contributed by atoms with van der Waals surface area (Å²) in [5.74, 6) is 0. The topological polar surface area (TPSA) is 18.5 Å². The van der Waals surface area contributed by atoms with Crippen molar-refractivity contribution in [2.75, 3.05) is 40.8 Å². The molecule has 2 rings (SSSR count). The molecule has 1 aromatic rings. The smallest absolute Gasteiger partial charge is 0.0335 e. The van der Waals surface area contributed by atoms with Crippen LogP contribution in [0.5, 0.6) is 0 Å². The van der Waals surface area contributed by atoms with Crippen LogP contribution in [0, 0.1) is 13.8 Å². The Balaban J connectivity index is 2.13. The molecule has 0 amide bonds. The van der Waals surface area contributed by atoms with Crippen LogP contribution in [-0.2, 0) is 0 Å². The lowest BCUT2D eigenvalue weighted by Gasteiger charge is -2.39. The maximum atomic E-state index is 3.52. The van der Waals surface area contributed by atoms with Gasteiger partial charge < -0.3 is 15.1 Å². The minimum Gasteiger partial charge on any atom is -0.313 e. The third-order valence-corrected chi connectivity index (χ3v) is 4.65. The quantitative estimate of drug-likeness (QED) is 0.909. The van der Waals surface area contributed by atoms with Crippen molar-refractivity contribution in [2.24, 2.45) is 0 Å². The summed E-state index contributed by atoms with van der Waals surface area (Å²) in [6.45, 7) is 7.91. The van der Waals surface area contributed by atoms with Crippen molar-refractivity contribution in [3.63, 3.8) is 0 Å². The van der Waals surface area contributed by atoms with E-state index in [1.165, 1.54) is 42.7 Å². The van der Waals surface area contributed by atoms with Crippen LogP contribution in [0.3, 0.4) is 0 Å². The number of hydrogen-bond donors (Lipinski definition) is 1. The highest BCUT2D eigenvalue weighted by molar-refractivity contribution is 5.33. The van der Waals surface area contributed by atoms with Crippen LogP contribution >= 0.6 is 0 Å². The van der Waals surface area contributed by atoms with E-state index in [-0.39, 0.29) is 0 Å².